The molecule has 0 spiro atoms. The van der Waals surface area contributed by atoms with E-state index in [2.05, 4.69) is 14.4 Å². The van der Waals surface area contributed by atoms with Gasteiger partial charge in [-0.3, -0.25) is 9.52 Å². The Morgan fingerprint density at radius 2 is 2.03 bits per heavy atom. The number of carbonyl (C=O) groups excluding carboxylic acids is 1. The Bertz CT molecular complexity index is 1150. The summed E-state index contributed by atoms with van der Waals surface area (Å²) in [5.74, 6) is -0.423. The molecule has 0 unspecified atom stereocenters. The van der Waals surface area contributed by atoms with Crippen LogP contribution in [0.5, 0.6) is 5.75 Å². The van der Waals surface area contributed by atoms with Crippen LogP contribution in [0, 0.1) is 12.7 Å². The van der Waals surface area contributed by atoms with E-state index in [1.807, 2.05) is 26.0 Å². The highest BCUT2D eigenvalue weighted by Gasteiger charge is 2.18. The van der Waals surface area contributed by atoms with Gasteiger partial charge in [-0.15, -0.1) is 0 Å². The maximum Gasteiger partial charge on any atom is 0.340 e. The number of rotatable bonds is 7. The normalized spacial score (nSPS) is 10.6. The van der Waals surface area contributed by atoms with Crippen LogP contribution in [0.2, 0.25) is 5.02 Å². The van der Waals surface area contributed by atoms with Gasteiger partial charge in [-0.2, -0.15) is 0 Å². The summed E-state index contributed by atoms with van der Waals surface area (Å²) in [5, 5.41) is 0.754. The smallest absolute Gasteiger partial charge is 0.340 e. The van der Waals surface area contributed by atoms with Crippen molar-refractivity contribution in [3.8, 4) is 5.75 Å². The second-order valence-electron chi connectivity index (χ2n) is 7.05. The molecule has 1 aromatic carbocycles. The summed E-state index contributed by atoms with van der Waals surface area (Å²) in [4.78, 5) is 29.0. The molecule has 0 aliphatic carbocycles. The summed E-state index contributed by atoms with van der Waals surface area (Å²) in [6.07, 6.45) is 1.47. The fourth-order valence-corrected chi connectivity index (χ4v) is 3.27. The number of benzene rings is 1. The Labute approximate surface area is 194 Å². The van der Waals surface area contributed by atoms with Crippen LogP contribution in [0.25, 0.3) is 11.0 Å². The van der Waals surface area contributed by atoms with Crippen molar-refractivity contribution in [2.75, 3.05) is 32.9 Å². The third-order valence-electron chi connectivity index (χ3n) is 4.10. The molecular formula is C21H24ClFN4O4S. The van der Waals surface area contributed by atoms with E-state index in [0.717, 1.165) is 12.1 Å². The summed E-state index contributed by atoms with van der Waals surface area (Å²) in [6.45, 7) is 1.96. The van der Waals surface area contributed by atoms with Crippen LogP contribution < -0.4 is 19.8 Å². The molecule has 2 heterocycles. The fourth-order valence-electron chi connectivity index (χ4n) is 2.72. The minimum absolute atomic E-state index is 0.0154. The first kappa shape index (κ1) is 25.6. The Balaban J connectivity index is 0.000000837. The number of anilines is 1. The van der Waals surface area contributed by atoms with Crippen molar-refractivity contribution in [1.82, 2.24) is 14.6 Å². The lowest BCUT2D eigenvalue weighted by Gasteiger charge is -2.11. The first-order valence-corrected chi connectivity index (χ1v) is 10.6. The highest BCUT2D eigenvalue weighted by molar-refractivity contribution is 7.98. The molecule has 0 aliphatic heterocycles. The van der Waals surface area contributed by atoms with E-state index in [4.69, 9.17) is 20.8 Å². The van der Waals surface area contributed by atoms with Gasteiger partial charge in [0.15, 0.2) is 17.4 Å². The number of fused-ring (bicyclic) bond motifs is 1. The van der Waals surface area contributed by atoms with Crippen molar-refractivity contribution >= 4 is 47.0 Å². The average Bonchev–Trinajstić information content (AvgIpc) is 2.72. The van der Waals surface area contributed by atoms with E-state index in [1.165, 1.54) is 24.4 Å². The number of carbonyl (C=O) groups is 1. The molecule has 0 radical (unpaired) electrons. The maximum atomic E-state index is 14.7. The number of hydrogen-bond donors (Lipinski definition) is 2. The summed E-state index contributed by atoms with van der Waals surface area (Å²) < 4.78 is 30.3. The van der Waals surface area contributed by atoms with Crippen LogP contribution in [0.15, 0.2) is 33.6 Å². The third kappa shape index (κ3) is 6.42. The summed E-state index contributed by atoms with van der Waals surface area (Å²) in [5.41, 5.74) is 0.789. The zero-order valence-electron chi connectivity index (χ0n) is 18.3. The first-order valence-electron chi connectivity index (χ1n) is 9.38. The molecule has 0 bridgehead atoms. The fraction of sp³-hybridized carbons (Fsp3) is 0.286. The van der Waals surface area contributed by atoms with E-state index in [0.29, 0.717) is 16.5 Å². The van der Waals surface area contributed by atoms with E-state index in [-0.39, 0.29) is 40.6 Å². The molecule has 2 N–H and O–H groups in total. The van der Waals surface area contributed by atoms with Gasteiger partial charge in [-0.05, 0) is 58.4 Å². The Morgan fingerprint density at radius 1 is 1.34 bits per heavy atom. The minimum atomic E-state index is -0.611. The molecule has 11 heteroatoms. The maximum absolute atomic E-state index is 14.7. The quantitative estimate of drug-likeness (QED) is 0.296. The Kier molecular flexibility index (Phi) is 9.45. The van der Waals surface area contributed by atoms with Crippen molar-refractivity contribution in [3.63, 3.8) is 0 Å². The number of ether oxygens (including phenoxy) is 1. The predicted octanol–water partition coefficient (Wildman–Crippen LogP) is 3.79. The van der Waals surface area contributed by atoms with Gasteiger partial charge in [0.25, 0.3) is 6.47 Å². The molecule has 8 nitrogen and oxygen atoms in total. The summed E-state index contributed by atoms with van der Waals surface area (Å²) in [6, 6.07) is 4.41. The molecule has 32 heavy (non-hydrogen) atoms. The number of nitrogens with one attached hydrogen (secondary N) is 2. The molecule has 0 saturated heterocycles. The standard InChI is InChI=1S/C18H15ClFN3O4S.C3H9N/c1-9-11-6-13(19)15(26-8-24)7-14(11)27-18(25)12(9)5-10-3-4-22-17(16(10)20)23-28-21-2;1-4(2)3/h3-4,6-8,21H,5H2,1-2H3,(H,22,23);1-3H3. The molecule has 0 amide bonds. The molecular weight excluding hydrogens is 459 g/mol. The van der Waals surface area contributed by atoms with Gasteiger partial charge in [0, 0.05) is 41.8 Å². The monoisotopic (exact) mass is 482 g/mol. The van der Waals surface area contributed by atoms with Crippen LogP contribution >= 0.6 is 23.7 Å². The molecule has 3 aromatic rings. The van der Waals surface area contributed by atoms with Crippen molar-refractivity contribution < 1.29 is 18.3 Å². The molecule has 172 valence electrons. The number of aromatic nitrogens is 1. The molecule has 0 aliphatic rings. The van der Waals surface area contributed by atoms with Gasteiger partial charge in [0.2, 0.25) is 0 Å². The Hall–Kier alpha value is -2.66. The van der Waals surface area contributed by atoms with Gasteiger partial charge in [0.05, 0.1) is 5.02 Å². The highest BCUT2D eigenvalue weighted by atomic mass is 35.5. The molecule has 0 saturated carbocycles. The zero-order chi connectivity index (χ0) is 23.8. The zero-order valence-corrected chi connectivity index (χ0v) is 19.9. The molecule has 0 fully saturated rings. The van der Waals surface area contributed by atoms with E-state index in [1.54, 1.807) is 14.0 Å². The number of pyridine rings is 1. The van der Waals surface area contributed by atoms with Gasteiger partial charge >= 0.3 is 5.63 Å². The largest absolute Gasteiger partial charge is 0.427 e. The summed E-state index contributed by atoms with van der Waals surface area (Å²) >= 11 is 7.18. The van der Waals surface area contributed by atoms with Gasteiger partial charge < -0.3 is 14.1 Å². The van der Waals surface area contributed by atoms with Crippen molar-refractivity contribution in [1.29, 1.82) is 0 Å². The van der Waals surface area contributed by atoms with Crippen LogP contribution in [0.3, 0.4) is 0 Å². The third-order valence-corrected chi connectivity index (χ3v) is 4.90. The van der Waals surface area contributed by atoms with E-state index in [9.17, 15) is 14.0 Å². The van der Waals surface area contributed by atoms with Crippen LogP contribution in [0.4, 0.5) is 10.2 Å². The van der Waals surface area contributed by atoms with Crippen LogP contribution in [-0.2, 0) is 11.2 Å². The van der Waals surface area contributed by atoms with Crippen molar-refractivity contribution in [2.45, 2.75) is 13.3 Å². The first-order chi connectivity index (χ1) is 15.2. The number of aryl methyl sites for hydroxylation is 1. The lowest BCUT2D eigenvalue weighted by atomic mass is 10.00. The van der Waals surface area contributed by atoms with Gasteiger partial charge in [-0.25, -0.2) is 18.9 Å². The second-order valence-corrected chi connectivity index (χ2v) is 8.27. The molecule has 2 aromatic heterocycles. The number of hydrogen-bond acceptors (Lipinski definition) is 9. The Morgan fingerprint density at radius 3 is 2.66 bits per heavy atom. The van der Waals surface area contributed by atoms with E-state index < -0.39 is 11.4 Å². The lowest BCUT2D eigenvalue weighted by molar-refractivity contribution is -0.120. The predicted molar refractivity (Wildman–Crippen MR) is 126 cm³/mol. The minimum Gasteiger partial charge on any atom is -0.427 e. The topological polar surface area (TPSA) is 96.7 Å². The second kappa shape index (κ2) is 11.8. The lowest BCUT2D eigenvalue weighted by Crippen LogP contribution is -2.12. The van der Waals surface area contributed by atoms with Crippen LogP contribution in [-0.4, -0.2) is 44.5 Å². The van der Waals surface area contributed by atoms with Crippen molar-refractivity contribution in [3.05, 3.63) is 62.3 Å². The molecule has 3 rings (SSSR count). The number of halogens is 2. The van der Waals surface area contributed by atoms with E-state index >= 15 is 0 Å². The van der Waals surface area contributed by atoms with Gasteiger partial charge in [0.1, 0.15) is 5.58 Å². The van der Waals surface area contributed by atoms with Crippen LogP contribution in [0.1, 0.15) is 16.7 Å². The highest BCUT2D eigenvalue weighted by Crippen LogP contribution is 2.32. The van der Waals surface area contributed by atoms with Gasteiger partial charge in [-0.1, -0.05) is 11.6 Å². The van der Waals surface area contributed by atoms with Crippen molar-refractivity contribution in [2.24, 2.45) is 0 Å². The SMILES string of the molecule is CN(C)C.CNSNc1nccc(Cc2c(C)c3cc(Cl)c(OC=O)cc3oc2=O)c1F. The summed E-state index contributed by atoms with van der Waals surface area (Å²) in [7, 11) is 7.68. The molecule has 0 atom stereocenters. The average molecular weight is 483 g/mol. The number of nitrogens with zero attached hydrogens (tertiary/aromatic N) is 2.